The molecule has 1 aromatic heterocycles. The molecule has 37 heavy (non-hydrogen) atoms. The van der Waals surface area contributed by atoms with Crippen molar-refractivity contribution in [2.24, 2.45) is 11.8 Å². The SMILES string of the molecule is CC(C)C1COCCN1C(=O)C1CCC(NS(=O)(=O)c2ccc3c(Cl)c(-c4ccccc4)[nH]c3c2)CC1. The first kappa shape index (κ1) is 26.2. The Kier molecular flexibility index (Phi) is 7.63. The fourth-order valence-corrected chi connectivity index (χ4v) is 7.19. The lowest BCUT2D eigenvalue weighted by molar-refractivity contribution is -0.147. The van der Waals surface area contributed by atoms with Crippen molar-refractivity contribution in [2.75, 3.05) is 19.8 Å². The topological polar surface area (TPSA) is 91.5 Å². The number of ether oxygens (including phenoxy) is 1. The minimum Gasteiger partial charge on any atom is -0.377 e. The molecule has 1 aliphatic heterocycles. The highest BCUT2D eigenvalue weighted by Gasteiger charge is 2.36. The number of carbonyl (C=O) groups is 1. The smallest absolute Gasteiger partial charge is 0.240 e. The Balaban J connectivity index is 1.25. The van der Waals surface area contributed by atoms with E-state index in [0.717, 1.165) is 16.6 Å². The molecule has 1 amide bonds. The number of hydrogen-bond acceptors (Lipinski definition) is 4. The van der Waals surface area contributed by atoms with Crippen molar-refractivity contribution >= 4 is 38.4 Å². The summed E-state index contributed by atoms with van der Waals surface area (Å²) < 4.78 is 35.0. The van der Waals surface area contributed by atoms with E-state index in [1.54, 1.807) is 18.2 Å². The van der Waals surface area contributed by atoms with Crippen molar-refractivity contribution in [2.45, 2.75) is 56.5 Å². The molecule has 1 unspecified atom stereocenters. The second kappa shape index (κ2) is 10.8. The number of sulfonamides is 1. The molecular formula is C28H34ClN3O4S. The molecule has 7 nitrogen and oxygen atoms in total. The quantitative estimate of drug-likeness (QED) is 0.446. The van der Waals surface area contributed by atoms with Crippen LogP contribution in [0.25, 0.3) is 22.2 Å². The summed E-state index contributed by atoms with van der Waals surface area (Å²) in [5, 5.41) is 1.35. The molecule has 0 bridgehead atoms. The predicted molar refractivity (Wildman–Crippen MR) is 146 cm³/mol. The predicted octanol–water partition coefficient (Wildman–Crippen LogP) is 5.21. The van der Waals surface area contributed by atoms with Crippen LogP contribution >= 0.6 is 11.6 Å². The number of aromatic amines is 1. The van der Waals surface area contributed by atoms with Crippen LogP contribution in [0.5, 0.6) is 0 Å². The number of hydrogen-bond donors (Lipinski definition) is 2. The van der Waals surface area contributed by atoms with Crippen molar-refractivity contribution in [1.82, 2.24) is 14.6 Å². The standard InChI is InChI=1S/C28H34ClN3O4S/c1-18(2)25-17-36-15-14-32(25)28(33)20-8-10-21(11-9-20)31-37(34,35)22-12-13-23-24(16-22)30-27(26(23)29)19-6-4-3-5-7-19/h3-7,12-13,16,18,20-21,25,30-31H,8-11,14-15,17H2,1-2H3. The van der Waals surface area contributed by atoms with Gasteiger partial charge in [-0.1, -0.05) is 55.8 Å². The largest absolute Gasteiger partial charge is 0.377 e. The number of fused-ring (bicyclic) bond motifs is 1. The molecule has 0 spiro atoms. The van der Waals surface area contributed by atoms with Gasteiger partial charge in [-0.2, -0.15) is 0 Å². The van der Waals surface area contributed by atoms with E-state index < -0.39 is 10.0 Å². The van der Waals surface area contributed by atoms with Crippen molar-refractivity contribution in [3.8, 4) is 11.3 Å². The summed E-state index contributed by atoms with van der Waals surface area (Å²) in [6, 6.07) is 14.6. The highest BCUT2D eigenvalue weighted by molar-refractivity contribution is 7.89. The molecule has 2 N–H and O–H groups in total. The van der Waals surface area contributed by atoms with E-state index in [1.807, 2.05) is 35.2 Å². The summed E-state index contributed by atoms with van der Waals surface area (Å²) in [6.07, 6.45) is 2.64. The first-order valence-electron chi connectivity index (χ1n) is 13.0. The third kappa shape index (κ3) is 5.43. The van der Waals surface area contributed by atoms with Crippen LogP contribution < -0.4 is 4.72 Å². The summed E-state index contributed by atoms with van der Waals surface area (Å²) in [5.74, 6) is 0.462. The van der Waals surface area contributed by atoms with Crippen molar-refractivity contribution in [1.29, 1.82) is 0 Å². The van der Waals surface area contributed by atoms with Gasteiger partial charge in [0.1, 0.15) is 0 Å². The number of nitrogens with zero attached hydrogens (tertiary/aromatic N) is 1. The number of benzene rings is 2. The Morgan fingerprint density at radius 1 is 1.11 bits per heavy atom. The average Bonchev–Trinajstić information content (AvgIpc) is 3.24. The molecule has 2 aromatic carbocycles. The van der Waals surface area contributed by atoms with Crippen molar-refractivity contribution in [3.63, 3.8) is 0 Å². The molecule has 1 aliphatic carbocycles. The summed E-state index contributed by atoms with van der Waals surface area (Å²) in [6.45, 7) is 6.03. The van der Waals surface area contributed by atoms with Gasteiger partial charge in [-0.15, -0.1) is 0 Å². The van der Waals surface area contributed by atoms with Crippen LogP contribution in [0.3, 0.4) is 0 Å². The van der Waals surface area contributed by atoms with Crippen molar-refractivity contribution < 1.29 is 17.9 Å². The lowest BCUT2D eigenvalue weighted by Crippen LogP contribution is -2.53. The Bertz CT molecular complexity index is 1360. The van der Waals surface area contributed by atoms with E-state index >= 15 is 0 Å². The maximum atomic E-state index is 13.3. The van der Waals surface area contributed by atoms with Crippen LogP contribution in [0.2, 0.25) is 5.02 Å². The highest BCUT2D eigenvalue weighted by atomic mass is 35.5. The number of morpholine rings is 1. The Morgan fingerprint density at radius 2 is 1.84 bits per heavy atom. The maximum absolute atomic E-state index is 13.3. The molecule has 0 radical (unpaired) electrons. The first-order valence-corrected chi connectivity index (χ1v) is 14.9. The molecule has 2 fully saturated rings. The summed E-state index contributed by atoms with van der Waals surface area (Å²) in [4.78, 5) is 18.7. The monoisotopic (exact) mass is 543 g/mol. The van der Waals surface area contributed by atoms with Gasteiger partial charge in [-0.3, -0.25) is 4.79 Å². The zero-order valence-electron chi connectivity index (χ0n) is 21.2. The number of halogens is 1. The number of H-pyrrole nitrogens is 1. The van der Waals surface area contributed by atoms with Gasteiger partial charge >= 0.3 is 0 Å². The molecule has 2 heterocycles. The van der Waals surface area contributed by atoms with Gasteiger partial charge in [0.15, 0.2) is 0 Å². The summed E-state index contributed by atoms with van der Waals surface area (Å²) >= 11 is 6.60. The minimum absolute atomic E-state index is 0.0612. The lowest BCUT2D eigenvalue weighted by Gasteiger charge is -2.41. The van der Waals surface area contributed by atoms with Crippen LogP contribution in [-0.4, -0.2) is 56.1 Å². The second-order valence-electron chi connectivity index (χ2n) is 10.5. The maximum Gasteiger partial charge on any atom is 0.240 e. The molecule has 1 saturated heterocycles. The summed E-state index contributed by atoms with van der Waals surface area (Å²) in [7, 11) is -3.72. The van der Waals surface area contributed by atoms with E-state index in [1.165, 1.54) is 0 Å². The fraction of sp³-hybridized carbons (Fsp3) is 0.464. The number of amides is 1. The Hall–Kier alpha value is -2.39. The van der Waals surface area contributed by atoms with Gasteiger partial charge in [-0.05, 0) is 55.4 Å². The van der Waals surface area contributed by atoms with E-state index in [9.17, 15) is 13.2 Å². The minimum atomic E-state index is -3.72. The summed E-state index contributed by atoms with van der Waals surface area (Å²) in [5.41, 5.74) is 2.38. The van der Waals surface area contributed by atoms with Crippen LogP contribution in [0, 0.1) is 11.8 Å². The Labute approximate surface area is 223 Å². The third-order valence-electron chi connectivity index (χ3n) is 7.70. The highest BCUT2D eigenvalue weighted by Crippen LogP contribution is 2.35. The molecule has 1 atom stereocenters. The van der Waals surface area contributed by atoms with Gasteiger partial charge in [0.2, 0.25) is 15.9 Å². The average molecular weight is 544 g/mol. The molecular weight excluding hydrogens is 510 g/mol. The van der Waals surface area contributed by atoms with E-state index in [2.05, 4.69) is 23.6 Å². The normalized spacial score (nSPS) is 23.0. The van der Waals surface area contributed by atoms with Gasteiger partial charge < -0.3 is 14.6 Å². The first-order chi connectivity index (χ1) is 17.7. The van der Waals surface area contributed by atoms with Gasteiger partial charge in [-0.25, -0.2) is 13.1 Å². The molecule has 2 aliphatic rings. The van der Waals surface area contributed by atoms with Gasteiger partial charge in [0, 0.05) is 29.4 Å². The molecule has 1 saturated carbocycles. The van der Waals surface area contributed by atoms with Crippen LogP contribution in [-0.2, 0) is 19.6 Å². The Morgan fingerprint density at radius 3 is 2.54 bits per heavy atom. The number of rotatable bonds is 6. The molecule has 9 heteroatoms. The molecule has 5 rings (SSSR count). The zero-order valence-corrected chi connectivity index (χ0v) is 22.8. The third-order valence-corrected chi connectivity index (χ3v) is 9.61. The number of nitrogens with one attached hydrogen (secondary N) is 2. The molecule has 198 valence electrons. The lowest BCUT2D eigenvalue weighted by atomic mass is 9.85. The molecule has 3 aromatic rings. The van der Waals surface area contributed by atoms with Crippen LogP contribution in [0.1, 0.15) is 39.5 Å². The van der Waals surface area contributed by atoms with Gasteiger partial charge in [0.25, 0.3) is 0 Å². The van der Waals surface area contributed by atoms with E-state index in [0.29, 0.717) is 61.9 Å². The van der Waals surface area contributed by atoms with E-state index in [-0.39, 0.29) is 28.8 Å². The number of carbonyl (C=O) groups excluding carboxylic acids is 1. The van der Waals surface area contributed by atoms with Gasteiger partial charge in [0.05, 0.1) is 34.9 Å². The van der Waals surface area contributed by atoms with Crippen LogP contribution in [0.15, 0.2) is 53.4 Å². The second-order valence-corrected chi connectivity index (χ2v) is 12.6. The van der Waals surface area contributed by atoms with Crippen LogP contribution in [0.4, 0.5) is 0 Å². The van der Waals surface area contributed by atoms with E-state index in [4.69, 9.17) is 16.3 Å². The zero-order chi connectivity index (χ0) is 26.2. The fourth-order valence-electron chi connectivity index (χ4n) is 5.54. The van der Waals surface area contributed by atoms with Crippen molar-refractivity contribution in [3.05, 3.63) is 53.6 Å². The number of aromatic nitrogens is 1.